The predicted octanol–water partition coefficient (Wildman–Crippen LogP) is 0.461. The molecule has 1 aliphatic carbocycles. The van der Waals surface area contributed by atoms with Crippen LogP contribution in [0.2, 0.25) is 0 Å². The van der Waals surface area contributed by atoms with Crippen LogP contribution >= 0.6 is 0 Å². The van der Waals surface area contributed by atoms with E-state index in [-0.39, 0.29) is 24.7 Å². The van der Waals surface area contributed by atoms with Crippen LogP contribution in [0.4, 0.5) is 0 Å². The summed E-state index contributed by atoms with van der Waals surface area (Å²) in [6.45, 7) is 0.149. The molecule has 0 aliphatic heterocycles. The third kappa shape index (κ3) is 3.73. The van der Waals surface area contributed by atoms with Gasteiger partial charge in [-0.2, -0.15) is 0 Å². The molecule has 0 heterocycles. The third-order valence-corrected chi connectivity index (χ3v) is 2.96. The summed E-state index contributed by atoms with van der Waals surface area (Å²) in [4.78, 5) is 11.6. The highest BCUT2D eigenvalue weighted by atomic mass is 16.6. The van der Waals surface area contributed by atoms with Crippen LogP contribution in [-0.4, -0.2) is 45.0 Å². The smallest absolute Gasteiger partial charge is 0.336 e. The second-order valence-electron chi connectivity index (χ2n) is 4.04. The van der Waals surface area contributed by atoms with Gasteiger partial charge < -0.3 is 19.9 Å². The summed E-state index contributed by atoms with van der Waals surface area (Å²) in [6.07, 6.45) is 3.21. The highest BCUT2D eigenvalue weighted by Crippen LogP contribution is 2.23. The highest BCUT2D eigenvalue weighted by Gasteiger charge is 2.27. The van der Waals surface area contributed by atoms with Crippen molar-refractivity contribution < 1.29 is 19.0 Å². The molecular weight excluding hydrogens is 210 g/mol. The molecule has 2 N–H and O–H groups in total. The molecule has 0 saturated heterocycles. The third-order valence-electron chi connectivity index (χ3n) is 2.96. The monoisotopic (exact) mass is 231 g/mol. The van der Waals surface area contributed by atoms with E-state index >= 15 is 0 Å². The maximum Gasteiger partial charge on any atom is 0.336 e. The summed E-state index contributed by atoms with van der Waals surface area (Å²) in [7, 11) is 3.14. The molecule has 0 bridgehead atoms. The maximum absolute atomic E-state index is 11.6. The number of methoxy groups -OCH3 is 2. The predicted molar refractivity (Wildman–Crippen MR) is 59.0 cm³/mol. The molecule has 5 heteroatoms. The Morgan fingerprint density at radius 3 is 2.62 bits per heavy atom. The Balaban J connectivity index is 2.38. The molecule has 0 spiro atoms. The van der Waals surface area contributed by atoms with Gasteiger partial charge in [-0.25, -0.2) is 4.79 Å². The lowest BCUT2D eigenvalue weighted by molar-refractivity contribution is -0.163. The van der Waals surface area contributed by atoms with Gasteiger partial charge in [0.1, 0.15) is 6.10 Å². The Morgan fingerprint density at radius 1 is 1.38 bits per heavy atom. The molecule has 94 valence electrons. The van der Waals surface area contributed by atoms with Gasteiger partial charge in [0, 0.05) is 27.2 Å². The Hall–Kier alpha value is -0.650. The summed E-state index contributed by atoms with van der Waals surface area (Å²) in [5, 5.41) is 0. The van der Waals surface area contributed by atoms with Crippen LogP contribution < -0.4 is 5.73 Å². The Kier molecular flexibility index (Phi) is 5.73. The van der Waals surface area contributed by atoms with Crippen LogP contribution in [0.5, 0.6) is 0 Å². The maximum atomic E-state index is 11.6. The molecule has 1 rings (SSSR count). The quantitative estimate of drug-likeness (QED) is 0.696. The van der Waals surface area contributed by atoms with Gasteiger partial charge in [-0.1, -0.05) is 0 Å². The van der Waals surface area contributed by atoms with Crippen molar-refractivity contribution in [1.82, 2.24) is 0 Å². The van der Waals surface area contributed by atoms with Gasteiger partial charge >= 0.3 is 5.97 Å². The zero-order valence-electron chi connectivity index (χ0n) is 9.98. The van der Waals surface area contributed by atoms with Gasteiger partial charge in [0.2, 0.25) is 0 Å². The molecule has 0 radical (unpaired) electrons. The zero-order valence-corrected chi connectivity index (χ0v) is 9.98. The molecule has 1 aliphatic rings. The van der Waals surface area contributed by atoms with Gasteiger partial charge in [-0.15, -0.1) is 0 Å². The SMILES string of the molecule is COC1CCCC(OC(=O)C(CN)OC)C1. The first-order valence-corrected chi connectivity index (χ1v) is 5.67. The summed E-state index contributed by atoms with van der Waals surface area (Å²) in [6, 6.07) is 0. The van der Waals surface area contributed by atoms with Crippen molar-refractivity contribution >= 4 is 5.97 Å². The fraction of sp³-hybridized carbons (Fsp3) is 0.909. The molecule has 0 aromatic rings. The largest absolute Gasteiger partial charge is 0.460 e. The van der Waals surface area contributed by atoms with E-state index in [1.165, 1.54) is 7.11 Å². The standard InChI is InChI=1S/C11H21NO4/c1-14-8-4-3-5-9(6-8)16-11(13)10(7-12)15-2/h8-10H,3-7,12H2,1-2H3. The van der Waals surface area contributed by atoms with Crippen molar-refractivity contribution in [2.24, 2.45) is 5.73 Å². The first-order chi connectivity index (χ1) is 7.71. The lowest BCUT2D eigenvalue weighted by atomic mass is 9.95. The second kappa shape index (κ2) is 6.83. The van der Waals surface area contributed by atoms with Crippen molar-refractivity contribution in [2.45, 2.75) is 44.0 Å². The fourth-order valence-corrected chi connectivity index (χ4v) is 1.95. The van der Waals surface area contributed by atoms with Gasteiger partial charge in [-0.3, -0.25) is 0 Å². The van der Waals surface area contributed by atoms with E-state index in [1.54, 1.807) is 7.11 Å². The normalized spacial score (nSPS) is 27.4. The van der Waals surface area contributed by atoms with Crippen LogP contribution in [0.3, 0.4) is 0 Å². The number of hydrogen-bond donors (Lipinski definition) is 1. The van der Waals surface area contributed by atoms with Gasteiger partial charge in [0.05, 0.1) is 6.10 Å². The molecule has 0 amide bonds. The Labute approximate surface area is 96.2 Å². The van der Waals surface area contributed by atoms with E-state index in [0.717, 1.165) is 25.7 Å². The summed E-state index contributed by atoms with van der Waals surface area (Å²) in [5.74, 6) is -0.369. The topological polar surface area (TPSA) is 70.8 Å². The summed E-state index contributed by atoms with van der Waals surface area (Å²) >= 11 is 0. The fourth-order valence-electron chi connectivity index (χ4n) is 1.95. The second-order valence-corrected chi connectivity index (χ2v) is 4.04. The number of carbonyl (C=O) groups is 1. The molecule has 1 saturated carbocycles. The number of rotatable bonds is 5. The number of nitrogens with two attached hydrogens (primary N) is 1. The average Bonchev–Trinajstić information content (AvgIpc) is 2.31. The number of carbonyl (C=O) groups excluding carboxylic acids is 1. The lowest BCUT2D eigenvalue weighted by Gasteiger charge is -2.28. The van der Waals surface area contributed by atoms with Gasteiger partial charge in [-0.05, 0) is 19.3 Å². The molecule has 5 nitrogen and oxygen atoms in total. The first kappa shape index (κ1) is 13.4. The van der Waals surface area contributed by atoms with Gasteiger partial charge in [0.25, 0.3) is 0 Å². The van der Waals surface area contributed by atoms with E-state index in [1.807, 2.05) is 0 Å². The molecule has 0 aromatic heterocycles. The minimum absolute atomic E-state index is 0.0598. The van der Waals surface area contributed by atoms with Crippen LogP contribution in [0.25, 0.3) is 0 Å². The molecule has 3 atom stereocenters. The van der Waals surface area contributed by atoms with Crippen molar-refractivity contribution in [3.05, 3.63) is 0 Å². The minimum Gasteiger partial charge on any atom is -0.460 e. The summed E-state index contributed by atoms with van der Waals surface area (Å²) < 4.78 is 15.5. The number of hydrogen-bond acceptors (Lipinski definition) is 5. The Morgan fingerprint density at radius 2 is 2.06 bits per heavy atom. The van der Waals surface area contributed by atoms with Crippen molar-refractivity contribution in [1.29, 1.82) is 0 Å². The van der Waals surface area contributed by atoms with Gasteiger partial charge in [0.15, 0.2) is 6.10 Å². The molecule has 1 fully saturated rings. The van der Waals surface area contributed by atoms with E-state index in [2.05, 4.69) is 0 Å². The van der Waals surface area contributed by atoms with Crippen LogP contribution in [0, 0.1) is 0 Å². The van der Waals surface area contributed by atoms with Crippen LogP contribution in [0.15, 0.2) is 0 Å². The first-order valence-electron chi connectivity index (χ1n) is 5.67. The van der Waals surface area contributed by atoms with Crippen molar-refractivity contribution in [3.63, 3.8) is 0 Å². The van der Waals surface area contributed by atoms with Crippen LogP contribution in [-0.2, 0) is 19.0 Å². The van der Waals surface area contributed by atoms with Crippen LogP contribution in [0.1, 0.15) is 25.7 Å². The minimum atomic E-state index is -0.650. The highest BCUT2D eigenvalue weighted by molar-refractivity contribution is 5.75. The van der Waals surface area contributed by atoms with E-state index in [0.29, 0.717) is 0 Å². The number of esters is 1. The number of ether oxygens (including phenoxy) is 3. The van der Waals surface area contributed by atoms with E-state index < -0.39 is 6.10 Å². The van der Waals surface area contributed by atoms with Crippen molar-refractivity contribution in [3.8, 4) is 0 Å². The van der Waals surface area contributed by atoms with E-state index in [9.17, 15) is 4.79 Å². The summed E-state index contributed by atoms with van der Waals surface area (Å²) in [5.41, 5.74) is 5.39. The average molecular weight is 231 g/mol. The Bertz CT molecular complexity index is 218. The van der Waals surface area contributed by atoms with Crippen molar-refractivity contribution in [2.75, 3.05) is 20.8 Å². The molecular formula is C11H21NO4. The molecule has 16 heavy (non-hydrogen) atoms. The zero-order chi connectivity index (χ0) is 12.0. The lowest BCUT2D eigenvalue weighted by Crippen LogP contribution is -2.37. The molecule has 0 aromatic carbocycles. The molecule has 3 unspecified atom stereocenters. The van der Waals surface area contributed by atoms with E-state index in [4.69, 9.17) is 19.9 Å².